The number of anilines is 1. The molecule has 0 aliphatic heterocycles. The van der Waals surface area contributed by atoms with Crippen LogP contribution < -0.4 is 20.7 Å². The highest BCUT2D eigenvalue weighted by Crippen LogP contribution is 2.35. The molecule has 3 N–H and O–H groups in total. The molecule has 1 aromatic heterocycles. The van der Waals surface area contributed by atoms with E-state index in [4.69, 9.17) is 51.8 Å². The van der Waals surface area contributed by atoms with Crippen molar-refractivity contribution in [2.24, 2.45) is 0 Å². The van der Waals surface area contributed by atoms with E-state index in [-0.39, 0.29) is 12.5 Å². The fourth-order valence-electron chi connectivity index (χ4n) is 3.11. The van der Waals surface area contributed by atoms with Gasteiger partial charge in [-0.3, -0.25) is 4.79 Å². The molecule has 4 rings (SSSR count). The number of benzene rings is 3. The number of carbonyl (C=O) groups is 1. The molecule has 1 amide bonds. The first kappa shape index (κ1) is 26.6. The van der Waals surface area contributed by atoms with E-state index in [0.29, 0.717) is 56.2 Å². The van der Waals surface area contributed by atoms with Crippen LogP contribution in [0, 0.1) is 0 Å². The summed E-state index contributed by atoms with van der Waals surface area (Å²) in [6.45, 7) is 0.674. The van der Waals surface area contributed by atoms with Crippen molar-refractivity contribution in [3.8, 4) is 22.9 Å². The molecule has 4 aromatic rings. The third-order valence-electron chi connectivity index (χ3n) is 4.81. The molecule has 9 nitrogen and oxygen atoms in total. The van der Waals surface area contributed by atoms with Gasteiger partial charge in [-0.1, -0.05) is 46.9 Å². The van der Waals surface area contributed by atoms with Gasteiger partial charge >= 0.3 is 0 Å². The van der Waals surface area contributed by atoms with Gasteiger partial charge in [0.1, 0.15) is 18.0 Å². The number of nitrogens with one attached hydrogen (secondary N) is 3. The molecular formula is C24H20Cl3N7O2S. The lowest BCUT2D eigenvalue weighted by atomic mass is 10.2. The number of ether oxygens (including phenoxy) is 1. The third-order valence-corrected chi connectivity index (χ3v) is 5.84. The smallest absolute Gasteiger partial charge is 0.243 e. The molecule has 0 aliphatic carbocycles. The summed E-state index contributed by atoms with van der Waals surface area (Å²) in [7, 11) is 0. The number of nitrogens with zero attached hydrogens (tertiary/aromatic N) is 4. The molecule has 3 aromatic carbocycles. The van der Waals surface area contributed by atoms with Crippen molar-refractivity contribution in [1.29, 1.82) is 0 Å². The zero-order valence-corrected chi connectivity index (χ0v) is 22.2. The van der Waals surface area contributed by atoms with Gasteiger partial charge in [-0.2, -0.15) is 4.80 Å². The normalized spacial score (nSPS) is 10.6. The number of para-hydroxylation sites is 1. The summed E-state index contributed by atoms with van der Waals surface area (Å²) >= 11 is 23.3. The maximum atomic E-state index is 12.3. The van der Waals surface area contributed by atoms with E-state index in [9.17, 15) is 4.79 Å². The molecular weight excluding hydrogens is 557 g/mol. The van der Waals surface area contributed by atoms with Crippen LogP contribution >= 0.6 is 47.0 Å². The lowest BCUT2D eigenvalue weighted by Gasteiger charge is -2.11. The van der Waals surface area contributed by atoms with Crippen LogP contribution in [0.15, 0.2) is 66.7 Å². The van der Waals surface area contributed by atoms with E-state index >= 15 is 0 Å². The summed E-state index contributed by atoms with van der Waals surface area (Å²) in [5.41, 5.74) is 1.40. The van der Waals surface area contributed by atoms with E-state index in [1.807, 2.05) is 24.3 Å². The average molecular weight is 577 g/mol. The second-order valence-corrected chi connectivity index (χ2v) is 9.24. The quantitative estimate of drug-likeness (QED) is 0.185. The number of tetrazole rings is 1. The maximum Gasteiger partial charge on any atom is 0.243 e. The van der Waals surface area contributed by atoms with Gasteiger partial charge in [0.25, 0.3) is 0 Å². The predicted molar refractivity (Wildman–Crippen MR) is 148 cm³/mol. The molecule has 13 heteroatoms. The molecule has 0 fully saturated rings. The topological polar surface area (TPSA) is 106 Å². The highest BCUT2D eigenvalue weighted by Gasteiger charge is 2.15. The van der Waals surface area contributed by atoms with Gasteiger partial charge in [0.15, 0.2) is 5.11 Å². The Hall–Kier alpha value is -3.44. The Labute approximate surface area is 233 Å². The molecule has 0 atom stereocenters. The molecule has 0 unspecified atom stereocenters. The van der Waals surface area contributed by atoms with Crippen LogP contribution in [-0.2, 0) is 11.3 Å². The maximum absolute atomic E-state index is 12.3. The number of halogens is 3. The molecule has 37 heavy (non-hydrogen) atoms. The number of aromatic nitrogens is 4. The first-order valence-electron chi connectivity index (χ1n) is 10.9. The summed E-state index contributed by atoms with van der Waals surface area (Å²) in [5, 5.41) is 23.1. The molecule has 0 saturated heterocycles. The number of hydrogen-bond acceptors (Lipinski definition) is 6. The Bertz CT molecular complexity index is 1400. The summed E-state index contributed by atoms with van der Waals surface area (Å²) in [6, 6.07) is 19.3. The average Bonchev–Trinajstić information content (AvgIpc) is 3.33. The van der Waals surface area contributed by atoms with Crippen molar-refractivity contribution in [1.82, 2.24) is 30.8 Å². The molecule has 0 spiro atoms. The van der Waals surface area contributed by atoms with E-state index in [2.05, 4.69) is 31.4 Å². The minimum absolute atomic E-state index is 0.105. The minimum atomic E-state index is -0.278. The minimum Gasteiger partial charge on any atom is -0.455 e. The van der Waals surface area contributed by atoms with Gasteiger partial charge in [0.2, 0.25) is 11.7 Å². The van der Waals surface area contributed by atoms with Gasteiger partial charge in [-0.05, 0) is 72.0 Å². The Morgan fingerprint density at radius 1 is 0.919 bits per heavy atom. The van der Waals surface area contributed by atoms with Gasteiger partial charge in [-0.25, -0.2) is 0 Å². The summed E-state index contributed by atoms with van der Waals surface area (Å²) in [5.74, 6) is 0.931. The summed E-state index contributed by atoms with van der Waals surface area (Å²) in [4.78, 5) is 13.5. The van der Waals surface area contributed by atoms with Crippen LogP contribution in [0.25, 0.3) is 11.4 Å². The van der Waals surface area contributed by atoms with E-state index in [1.165, 1.54) is 4.80 Å². The fourth-order valence-corrected chi connectivity index (χ4v) is 3.90. The Kier molecular flexibility index (Phi) is 9.13. The highest BCUT2D eigenvalue weighted by molar-refractivity contribution is 7.80. The highest BCUT2D eigenvalue weighted by atomic mass is 35.5. The monoisotopic (exact) mass is 575 g/mol. The molecule has 190 valence electrons. The molecule has 0 bridgehead atoms. The van der Waals surface area contributed by atoms with Crippen molar-refractivity contribution >= 4 is 63.7 Å². The summed E-state index contributed by atoms with van der Waals surface area (Å²) in [6.07, 6.45) is 0. The van der Waals surface area contributed by atoms with Crippen molar-refractivity contribution < 1.29 is 9.53 Å². The zero-order chi connectivity index (χ0) is 26.2. The largest absolute Gasteiger partial charge is 0.455 e. The van der Waals surface area contributed by atoms with Gasteiger partial charge < -0.3 is 20.7 Å². The van der Waals surface area contributed by atoms with Crippen molar-refractivity contribution in [2.45, 2.75) is 6.54 Å². The standard InChI is InChI=1S/C24H20Cl3N7O2S/c25-15-5-8-17(9-6-15)30-24(37)29-12-11-28-22(35)14-34-32-23(31-33-34)18-3-1-2-4-20(18)36-21-10-7-16(26)13-19(21)27/h1-10,13H,11-12,14H2,(H,28,35)(H2,29,30,37). The molecule has 0 radical (unpaired) electrons. The van der Waals surface area contributed by atoms with Crippen LogP contribution in [0.2, 0.25) is 15.1 Å². The van der Waals surface area contributed by atoms with Gasteiger partial charge in [0, 0.05) is 28.8 Å². The second kappa shape index (κ2) is 12.7. The Morgan fingerprint density at radius 2 is 1.65 bits per heavy atom. The predicted octanol–water partition coefficient (Wildman–Crippen LogP) is 5.20. The lowest BCUT2D eigenvalue weighted by Crippen LogP contribution is -2.38. The van der Waals surface area contributed by atoms with Crippen LogP contribution in [-0.4, -0.2) is 44.3 Å². The van der Waals surface area contributed by atoms with Crippen molar-refractivity contribution in [3.63, 3.8) is 0 Å². The molecule has 0 aliphatic rings. The Morgan fingerprint density at radius 3 is 2.43 bits per heavy atom. The number of carbonyl (C=O) groups excluding carboxylic acids is 1. The Balaban J connectivity index is 1.27. The van der Waals surface area contributed by atoms with Crippen LogP contribution in [0.3, 0.4) is 0 Å². The van der Waals surface area contributed by atoms with E-state index in [1.54, 1.807) is 42.5 Å². The van der Waals surface area contributed by atoms with Crippen LogP contribution in [0.1, 0.15) is 0 Å². The van der Waals surface area contributed by atoms with Gasteiger partial charge in [-0.15, -0.1) is 10.2 Å². The second-order valence-electron chi connectivity index (χ2n) is 7.55. The number of amides is 1. The van der Waals surface area contributed by atoms with Crippen molar-refractivity contribution in [3.05, 3.63) is 81.8 Å². The van der Waals surface area contributed by atoms with E-state index in [0.717, 1.165) is 5.69 Å². The lowest BCUT2D eigenvalue weighted by molar-refractivity contribution is -0.122. The number of thiocarbonyl (C=S) groups is 1. The van der Waals surface area contributed by atoms with Crippen molar-refractivity contribution in [2.75, 3.05) is 18.4 Å². The zero-order valence-electron chi connectivity index (χ0n) is 19.1. The molecule has 0 saturated carbocycles. The third kappa shape index (κ3) is 7.77. The summed E-state index contributed by atoms with van der Waals surface area (Å²) < 4.78 is 5.95. The fraction of sp³-hybridized carbons (Fsp3) is 0.125. The van der Waals surface area contributed by atoms with E-state index < -0.39 is 0 Å². The first-order valence-corrected chi connectivity index (χ1v) is 12.5. The number of hydrogen-bond donors (Lipinski definition) is 3. The SMILES string of the molecule is O=C(Cn1nnc(-c2ccccc2Oc2ccc(Cl)cc2Cl)n1)NCCNC(=S)Nc1ccc(Cl)cc1. The first-order chi connectivity index (χ1) is 17.9. The van der Waals surface area contributed by atoms with Gasteiger partial charge in [0.05, 0.1) is 10.6 Å². The van der Waals surface area contributed by atoms with Crippen LogP contribution in [0.5, 0.6) is 11.5 Å². The number of rotatable bonds is 9. The molecule has 1 heterocycles. The van der Waals surface area contributed by atoms with Crippen LogP contribution in [0.4, 0.5) is 5.69 Å².